The molecule has 1 fully saturated rings. The number of aromatic hydroxyl groups is 3. The number of likely N-dealkylation sites (N-methyl/N-ethyl adjacent to an activating group) is 1. The third-order valence-electron chi connectivity index (χ3n) is 6.72. The van der Waals surface area contributed by atoms with Crippen LogP contribution in [0, 0.1) is 0 Å². The van der Waals surface area contributed by atoms with Gasteiger partial charge in [-0.3, -0.25) is 9.59 Å². The number of fused-ring (bicyclic) bond motifs is 1. The Labute approximate surface area is 211 Å². The summed E-state index contributed by atoms with van der Waals surface area (Å²) in [6.07, 6.45) is -0.00734. The highest BCUT2D eigenvalue weighted by Crippen LogP contribution is 2.49. The first kappa shape index (κ1) is 23.9. The molecule has 0 bridgehead atoms. The van der Waals surface area contributed by atoms with Gasteiger partial charge in [0, 0.05) is 55.7 Å². The van der Waals surface area contributed by atoms with Crippen LogP contribution in [0.2, 0.25) is 0 Å². The maximum absolute atomic E-state index is 13.4. The molecule has 1 aliphatic heterocycles. The topological polar surface area (TPSA) is 114 Å². The second-order valence-electron chi connectivity index (χ2n) is 9.00. The second-order valence-corrected chi connectivity index (χ2v) is 9.78. The first-order chi connectivity index (χ1) is 17.3. The van der Waals surface area contributed by atoms with Crippen LogP contribution in [0.15, 0.2) is 62.4 Å². The molecule has 9 heteroatoms. The van der Waals surface area contributed by atoms with Gasteiger partial charge >= 0.3 is 0 Å². The van der Waals surface area contributed by atoms with Crippen molar-refractivity contribution in [3.63, 3.8) is 0 Å². The zero-order valence-corrected chi connectivity index (χ0v) is 20.5. The predicted molar refractivity (Wildman–Crippen MR) is 138 cm³/mol. The largest absolute Gasteiger partial charge is 0.504 e. The van der Waals surface area contributed by atoms with Crippen molar-refractivity contribution in [3.05, 3.63) is 74.6 Å². The lowest BCUT2D eigenvalue weighted by Crippen LogP contribution is -2.47. The molecule has 0 unspecified atom stereocenters. The minimum absolute atomic E-state index is 0.00734. The Morgan fingerprint density at radius 3 is 2.42 bits per heavy atom. The quantitative estimate of drug-likeness (QED) is 0.351. The zero-order chi connectivity index (χ0) is 25.4. The van der Waals surface area contributed by atoms with Crippen LogP contribution in [0.25, 0.3) is 22.3 Å². The van der Waals surface area contributed by atoms with Gasteiger partial charge in [0.05, 0.1) is 0 Å². The van der Waals surface area contributed by atoms with Crippen LogP contribution in [0.5, 0.6) is 17.2 Å². The van der Waals surface area contributed by atoms with Crippen LogP contribution >= 0.6 is 11.3 Å². The lowest BCUT2D eigenvalue weighted by atomic mass is 9.87. The maximum Gasteiger partial charge on any atom is 0.223 e. The molecule has 1 saturated heterocycles. The Balaban J connectivity index is 1.70. The molecule has 3 N–H and O–H groups in total. The first-order valence-electron chi connectivity index (χ1n) is 11.6. The smallest absolute Gasteiger partial charge is 0.223 e. The van der Waals surface area contributed by atoms with Gasteiger partial charge in [-0.1, -0.05) is 30.3 Å². The van der Waals surface area contributed by atoms with Crippen LogP contribution in [-0.2, 0) is 4.79 Å². The zero-order valence-electron chi connectivity index (χ0n) is 19.7. The fourth-order valence-electron chi connectivity index (χ4n) is 4.66. The van der Waals surface area contributed by atoms with Crippen molar-refractivity contribution < 1.29 is 24.5 Å². The van der Waals surface area contributed by atoms with E-state index in [0.29, 0.717) is 18.7 Å². The van der Waals surface area contributed by atoms with E-state index in [1.54, 1.807) is 29.2 Å². The molecule has 1 aliphatic rings. The van der Waals surface area contributed by atoms with Crippen molar-refractivity contribution in [1.29, 1.82) is 0 Å². The summed E-state index contributed by atoms with van der Waals surface area (Å²) in [6, 6.07) is 12.1. The van der Waals surface area contributed by atoms with E-state index in [4.69, 9.17) is 4.42 Å². The Hall–Kier alpha value is -3.82. The Morgan fingerprint density at radius 2 is 1.75 bits per heavy atom. The van der Waals surface area contributed by atoms with Crippen molar-refractivity contribution >= 4 is 28.2 Å². The van der Waals surface area contributed by atoms with Crippen molar-refractivity contribution in [1.82, 2.24) is 9.80 Å². The molecule has 2 aromatic heterocycles. The highest BCUT2D eigenvalue weighted by atomic mass is 32.1. The number of amides is 1. The molecular formula is C27H26N2O6S. The van der Waals surface area contributed by atoms with Gasteiger partial charge in [0.2, 0.25) is 11.7 Å². The van der Waals surface area contributed by atoms with Crippen molar-refractivity contribution in [2.24, 2.45) is 0 Å². The van der Waals surface area contributed by atoms with Gasteiger partial charge in [0.15, 0.2) is 16.9 Å². The average Bonchev–Trinajstić information content (AvgIpc) is 3.42. The Bertz CT molecular complexity index is 1460. The summed E-state index contributed by atoms with van der Waals surface area (Å²) >= 11 is 1.43. The standard InChI is InChI=1S/C27H26N2O6S/c1-28-8-10-29(11-9-28)21(31)13-18(17-7-12-36-15-17)22-24(32)26(34)25(33)23-19(30)14-20(35-27(22)23)16-5-3-2-4-6-16/h2-7,12,14-15,18,32-34H,8-11,13H2,1H3/t18-/m1/s1. The summed E-state index contributed by atoms with van der Waals surface area (Å²) in [6.45, 7) is 2.70. The lowest BCUT2D eigenvalue weighted by Gasteiger charge is -2.33. The number of benzene rings is 2. The third kappa shape index (κ3) is 4.31. The van der Waals surface area contributed by atoms with Gasteiger partial charge in [0.1, 0.15) is 16.7 Å². The number of nitrogens with zero attached hydrogens (tertiary/aromatic N) is 2. The SMILES string of the molecule is CN1CCN(C(=O)C[C@H](c2ccsc2)c2c(O)c(O)c(O)c3c(=O)cc(-c4ccccc4)oc23)CC1. The van der Waals surface area contributed by atoms with E-state index in [1.165, 1.54) is 17.4 Å². The van der Waals surface area contributed by atoms with Crippen LogP contribution in [0.4, 0.5) is 0 Å². The van der Waals surface area contributed by atoms with Crippen LogP contribution < -0.4 is 5.43 Å². The van der Waals surface area contributed by atoms with E-state index in [0.717, 1.165) is 18.7 Å². The van der Waals surface area contributed by atoms with Gasteiger partial charge in [-0.2, -0.15) is 11.3 Å². The molecule has 8 nitrogen and oxygen atoms in total. The molecule has 0 spiro atoms. The highest BCUT2D eigenvalue weighted by Gasteiger charge is 2.32. The number of phenolic OH excluding ortho intramolecular Hbond substituents is 3. The van der Waals surface area contributed by atoms with Crippen molar-refractivity contribution in [3.8, 4) is 28.6 Å². The molecule has 0 saturated carbocycles. The van der Waals surface area contributed by atoms with Gasteiger partial charge in [-0.25, -0.2) is 0 Å². The summed E-state index contributed by atoms with van der Waals surface area (Å²) in [4.78, 5) is 30.4. The summed E-state index contributed by atoms with van der Waals surface area (Å²) in [5.74, 6) is -2.77. The van der Waals surface area contributed by atoms with Crippen LogP contribution in [0.1, 0.15) is 23.5 Å². The Morgan fingerprint density at radius 1 is 1.03 bits per heavy atom. The number of piperazine rings is 1. The number of carbonyl (C=O) groups is 1. The molecule has 0 radical (unpaired) electrons. The number of hydrogen-bond acceptors (Lipinski definition) is 8. The minimum atomic E-state index is -0.815. The molecule has 5 rings (SSSR count). The first-order valence-corrected chi connectivity index (χ1v) is 12.6. The molecule has 0 aliphatic carbocycles. The lowest BCUT2D eigenvalue weighted by molar-refractivity contribution is -0.133. The van der Waals surface area contributed by atoms with Gasteiger partial charge in [-0.15, -0.1) is 0 Å². The van der Waals surface area contributed by atoms with Gasteiger partial charge in [-0.05, 0) is 29.4 Å². The molecule has 3 heterocycles. The Kier molecular flexibility index (Phi) is 6.42. The predicted octanol–water partition coefficient (Wildman–Crippen LogP) is 3.93. The number of carbonyl (C=O) groups excluding carboxylic acids is 1. The number of phenols is 3. The molecule has 186 valence electrons. The number of thiophene rings is 1. The number of rotatable bonds is 5. The van der Waals surface area contributed by atoms with E-state index in [-0.39, 0.29) is 34.6 Å². The van der Waals surface area contributed by atoms with Crippen LogP contribution in [0.3, 0.4) is 0 Å². The van der Waals surface area contributed by atoms with E-state index in [9.17, 15) is 24.9 Å². The fraction of sp³-hybridized carbons (Fsp3) is 0.259. The van der Waals surface area contributed by atoms with Crippen LogP contribution in [-0.4, -0.2) is 64.3 Å². The van der Waals surface area contributed by atoms with Crippen molar-refractivity contribution in [2.45, 2.75) is 12.3 Å². The average molecular weight is 507 g/mol. The van der Waals surface area contributed by atoms with E-state index >= 15 is 0 Å². The van der Waals surface area contributed by atoms with Gasteiger partial charge in [0.25, 0.3) is 0 Å². The normalized spacial score (nSPS) is 15.3. The molecule has 2 aromatic carbocycles. The maximum atomic E-state index is 13.4. The molecule has 4 aromatic rings. The third-order valence-corrected chi connectivity index (χ3v) is 7.42. The summed E-state index contributed by atoms with van der Waals surface area (Å²) in [5.41, 5.74) is 0.832. The molecule has 1 atom stereocenters. The van der Waals surface area contributed by atoms with E-state index < -0.39 is 28.6 Å². The molecular weight excluding hydrogens is 480 g/mol. The van der Waals surface area contributed by atoms with E-state index in [2.05, 4.69) is 4.90 Å². The monoisotopic (exact) mass is 506 g/mol. The summed E-state index contributed by atoms with van der Waals surface area (Å²) in [7, 11) is 2.01. The minimum Gasteiger partial charge on any atom is -0.504 e. The van der Waals surface area contributed by atoms with Gasteiger partial charge < -0.3 is 29.5 Å². The van der Waals surface area contributed by atoms with E-state index in [1.807, 2.05) is 29.9 Å². The fourth-order valence-corrected chi connectivity index (χ4v) is 5.37. The summed E-state index contributed by atoms with van der Waals surface area (Å²) in [5, 5.41) is 35.7. The second kappa shape index (κ2) is 9.67. The molecule has 1 amide bonds. The summed E-state index contributed by atoms with van der Waals surface area (Å²) < 4.78 is 6.14. The molecule has 36 heavy (non-hydrogen) atoms. The highest BCUT2D eigenvalue weighted by molar-refractivity contribution is 7.08. The van der Waals surface area contributed by atoms with Crippen molar-refractivity contribution in [2.75, 3.05) is 33.2 Å². The number of hydrogen-bond donors (Lipinski definition) is 3.